The van der Waals surface area contributed by atoms with Crippen molar-refractivity contribution >= 4 is 28.6 Å². The van der Waals surface area contributed by atoms with Crippen molar-refractivity contribution in [3.8, 4) is 0 Å². The lowest BCUT2D eigenvalue weighted by molar-refractivity contribution is -0.152. The number of ether oxygens (including phenoxy) is 1. The summed E-state index contributed by atoms with van der Waals surface area (Å²) < 4.78 is 4.58. The smallest absolute Gasteiger partial charge is 0.397 e. The monoisotopic (exact) mass is 244 g/mol. The molecule has 0 saturated carbocycles. The van der Waals surface area contributed by atoms with Gasteiger partial charge in [-0.3, -0.25) is 4.79 Å². The molecule has 0 saturated heterocycles. The van der Waals surface area contributed by atoms with E-state index in [-0.39, 0.29) is 6.61 Å². The first-order valence-corrected chi connectivity index (χ1v) is 5.54. The van der Waals surface area contributed by atoms with Crippen LogP contribution in [0.2, 0.25) is 0 Å². The lowest BCUT2D eigenvalue weighted by Gasteiger charge is -2.04. The highest BCUT2D eigenvalue weighted by molar-refractivity contribution is 6.37. The molecule has 1 aromatic heterocycles. The van der Waals surface area contributed by atoms with Crippen molar-refractivity contribution in [1.82, 2.24) is 4.98 Å². The lowest BCUT2D eigenvalue weighted by atomic mass is 10.2. The Morgan fingerprint density at radius 1 is 1.22 bits per heavy atom. The summed E-state index contributed by atoms with van der Waals surface area (Å²) in [5, 5.41) is 3.36. The van der Waals surface area contributed by atoms with Gasteiger partial charge >= 0.3 is 11.9 Å². The summed E-state index contributed by atoms with van der Waals surface area (Å²) in [6, 6.07) is 11.0. The molecule has 0 radical (unpaired) electrons. The Kier molecular flexibility index (Phi) is 3.52. The quantitative estimate of drug-likeness (QED) is 0.645. The van der Waals surface area contributed by atoms with Crippen molar-refractivity contribution in [2.45, 2.75) is 6.92 Å². The molecule has 5 nitrogen and oxygen atoms in total. The highest BCUT2D eigenvalue weighted by Crippen LogP contribution is 2.14. The van der Waals surface area contributed by atoms with E-state index in [4.69, 9.17) is 0 Å². The van der Waals surface area contributed by atoms with Crippen LogP contribution >= 0.6 is 0 Å². The molecule has 18 heavy (non-hydrogen) atoms. The number of aromatic nitrogens is 1. The third kappa shape index (κ3) is 2.63. The normalized spacial score (nSPS) is 10.1. The molecule has 0 atom stereocenters. The number of carbonyl (C=O) groups excluding carboxylic acids is 2. The molecule has 2 aromatic rings. The first kappa shape index (κ1) is 12.0. The van der Waals surface area contributed by atoms with Crippen LogP contribution in [-0.4, -0.2) is 23.5 Å². The van der Waals surface area contributed by atoms with Gasteiger partial charge in [0, 0.05) is 5.39 Å². The predicted octanol–water partition coefficient (Wildman–Crippen LogP) is 1.74. The highest BCUT2D eigenvalue weighted by Gasteiger charge is 2.15. The zero-order valence-corrected chi connectivity index (χ0v) is 9.84. The third-order valence-corrected chi connectivity index (χ3v) is 2.30. The summed E-state index contributed by atoms with van der Waals surface area (Å²) in [5.74, 6) is -1.40. The number of hydrogen-bond acceptors (Lipinski definition) is 4. The molecule has 0 aliphatic heterocycles. The van der Waals surface area contributed by atoms with Crippen LogP contribution in [0.4, 0.5) is 5.82 Å². The molecule has 0 unspecified atom stereocenters. The Bertz CT molecular complexity index is 596. The van der Waals surface area contributed by atoms with Crippen LogP contribution in [0.3, 0.4) is 0 Å². The van der Waals surface area contributed by atoms with Gasteiger partial charge in [0.05, 0.1) is 12.1 Å². The van der Waals surface area contributed by atoms with Gasteiger partial charge in [-0.2, -0.15) is 0 Å². The number of rotatable bonds is 2. The van der Waals surface area contributed by atoms with E-state index >= 15 is 0 Å². The van der Waals surface area contributed by atoms with Crippen molar-refractivity contribution in [2.75, 3.05) is 11.9 Å². The Hall–Kier alpha value is -2.43. The number of nitrogens with zero attached hydrogens (tertiary/aromatic N) is 1. The predicted molar refractivity (Wildman–Crippen MR) is 67.0 cm³/mol. The van der Waals surface area contributed by atoms with E-state index in [0.29, 0.717) is 5.82 Å². The average Bonchev–Trinajstić information content (AvgIpc) is 2.39. The lowest BCUT2D eigenvalue weighted by Crippen LogP contribution is -2.25. The van der Waals surface area contributed by atoms with Gasteiger partial charge in [-0.25, -0.2) is 9.78 Å². The SMILES string of the molecule is CCOC(=O)C(=O)Nc1ccc2ccccc2n1. The van der Waals surface area contributed by atoms with Gasteiger partial charge in [0.1, 0.15) is 5.82 Å². The fourth-order valence-corrected chi connectivity index (χ4v) is 1.50. The van der Waals surface area contributed by atoms with Crippen LogP contribution in [0, 0.1) is 0 Å². The minimum Gasteiger partial charge on any atom is -0.459 e. The number of para-hydroxylation sites is 1. The molecule has 1 amide bonds. The van der Waals surface area contributed by atoms with Crippen molar-refractivity contribution < 1.29 is 14.3 Å². The van der Waals surface area contributed by atoms with Crippen LogP contribution in [0.25, 0.3) is 10.9 Å². The van der Waals surface area contributed by atoms with Crippen LogP contribution in [0.15, 0.2) is 36.4 Å². The number of pyridine rings is 1. The standard InChI is InChI=1S/C13H12N2O3/c1-2-18-13(17)12(16)15-11-8-7-9-5-3-4-6-10(9)14-11/h3-8H,2H2,1H3,(H,14,15,16). The molecule has 0 spiro atoms. The summed E-state index contributed by atoms with van der Waals surface area (Å²) in [6.07, 6.45) is 0. The molecular weight excluding hydrogens is 232 g/mol. The van der Waals surface area contributed by atoms with E-state index in [1.165, 1.54) is 0 Å². The number of fused-ring (bicyclic) bond motifs is 1. The molecule has 92 valence electrons. The van der Waals surface area contributed by atoms with Gasteiger partial charge in [-0.05, 0) is 25.1 Å². The second-order valence-corrected chi connectivity index (χ2v) is 3.56. The number of benzene rings is 1. The van der Waals surface area contributed by atoms with Crippen LogP contribution in [0.1, 0.15) is 6.92 Å². The van der Waals surface area contributed by atoms with Gasteiger partial charge < -0.3 is 10.1 Å². The van der Waals surface area contributed by atoms with E-state index in [9.17, 15) is 9.59 Å². The maximum absolute atomic E-state index is 11.4. The van der Waals surface area contributed by atoms with Crippen molar-refractivity contribution in [2.24, 2.45) is 0 Å². The molecule has 0 bridgehead atoms. The summed E-state index contributed by atoms with van der Waals surface area (Å²) in [6.45, 7) is 1.80. The van der Waals surface area contributed by atoms with Gasteiger partial charge in [-0.15, -0.1) is 0 Å². The van der Waals surface area contributed by atoms with Crippen molar-refractivity contribution in [3.63, 3.8) is 0 Å². The summed E-state index contributed by atoms with van der Waals surface area (Å²) in [5.41, 5.74) is 0.749. The van der Waals surface area contributed by atoms with E-state index < -0.39 is 11.9 Å². The zero-order valence-electron chi connectivity index (χ0n) is 9.84. The third-order valence-electron chi connectivity index (χ3n) is 2.30. The van der Waals surface area contributed by atoms with Crippen molar-refractivity contribution in [3.05, 3.63) is 36.4 Å². The Morgan fingerprint density at radius 3 is 2.78 bits per heavy atom. The maximum Gasteiger partial charge on any atom is 0.397 e. The fourth-order valence-electron chi connectivity index (χ4n) is 1.50. The van der Waals surface area contributed by atoms with Gasteiger partial charge in [0.2, 0.25) is 0 Å². The van der Waals surface area contributed by atoms with E-state index in [2.05, 4.69) is 15.0 Å². The Labute approximate surface area is 104 Å². The first-order chi connectivity index (χ1) is 8.70. The number of anilines is 1. The second kappa shape index (κ2) is 5.27. The Balaban J connectivity index is 2.17. The highest BCUT2D eigenvalue weighted by atomic mass is 16.5. The average molecular weight is 244 g/mol. The number of nitrogens with one attached hydrogen (secondary N) is 1. The first-order valence-electron chi connectivity index (χ1n) is 5.54. The molecule has 0 aliphatic rings. The topological polar surface area (TPSA) is 68.3 Å². The molecule has 0 fully saturated rings. The van der Waals surface area contributed by atoms with E-state index in [0.717, 1.165) is 10.9 Å². The Morgan fingerprint density at radius 2 is 2.00 bits per heavy atom. The molecule has 1 heterocycles. The fraction of sp³-hybridized carbons (Fsp3) is 0.154. The summed E-state index contributed by atoms with van der Waals surface area (Å²) in [4.78, 5) is 26.8. The number of amides is 1. The van der Waals surface area contributed by atoms with E-state index in [1.807, 2.05) is 30.3 Å². The molecule has 0 aliphatic carbocycles. The van der Waals surface area contributed by atoms with Crippen LogP contribution < -0.4 is 5.32 Å². The number of hydrogen-bond donors (Lipinski definition) is 1. The number of esters is 1. The minimum atomic E-state index is -0.910. The summed E-state index contributed by atoms with van der Waals surface area (Å²) in [7, 11) is 0. The van der Waals surface area contributed by atoms with Gasteiger partial charge in [0.15, 0.2) is 0 Å². The molecule has 1 aromatic carbocycles. The molecule has 5 heteroatoms. The maximum atomic E-state index is 11.4. The molecule has 2 rings (SSSR count). The van der Waals surface area contributed by atoms with Crippen molar-refractivity contribution in [1.29, 1.82) is 0 Å². The molecular formula is C13H12N2O3. The van der Waals surface area contributed by atoms with E-state index in [1.54, 1.807) is 13.0 Å². The zero-order chi connectivity index (χ0) is 13.0. The largest absolute Gasteiger partial charge is 0.459 e. The van der Waals surface area contributed by atoms with Crippen LogP contribution in [0.5, 0.6) is 0 Å². The van der Waals surface area contributed by atoms with Crippen LogP contribution in [-0.2, 0) is 14.3 Å². The minimum absolute atomic E-state index is 0.164. The summed E-state index contributed by atoms with van der Waals surface area (Å²) >= 11 is 0. The van der Waals surface area contributed by atoms with Gasteiger partial charge in [0.25, 0.3) is 0 Å². The molecule has 1 N–H and O–H groups in total. The number of carbonyl (C=O) groups is 2. The van der Waals surface area contributed by atoms with Gasteiger partial charge in [-0.1, -0.05) is 18.2 Å². The second-order valence-electron chi connectivity index (χ2n) is 3.56.